The SMILES string of the molecule is CCN(CC)C1CCN(Cc2nc3c(N)cccc3o2)C1. The Morgan fingerprint density at radius 1 is 1.38 bits per heavy atom. The maximum atomic E-state index is 5.93. The summed E-state index contributed by atoms with van der Waals surface area (Å²) in [7, 11) is 0. The first-order valence-electron chi connectivity index (χ1n) is 7.81. The molecule has 0 spiro atoms. The van der Waals surface area contributed by atoms with Gasteiger partial charge >= 0.3 is 0 Å². The quantitative estimate of drug-likeness (QED) is 0.856. The third kappa shape index (κ3) is 2.89. The highest BCUT2D eigenvalue weighted by atomic mass is 16.3. The number of nitrogen functional groups attached to an aromatic ring is 1. The summed E-state index contributed by atoms with van der Waals surface area (Å²) in [6, 6.07) is 6.35. The van der Waals surface area contributed by atoms with Gasteiger partial charge in [0.2, 0.25) is 5.89 Å². The summed E-state index contributed by atoms with van der Waals surface area (Å²) in [5.41, 5.74) is 8.18. The van der Waals surface area contributed by atoms with Gasteiger partial charge in [-0.15, -0.1) is 0 Å². The molecule has 0 bridgehead atoms. The number of hydrogen-bond donors (Lipinski definition) is 1. The molecule has 5 heteroatoms. The number of nitrogens with two attached hydrogens (primary N) is 1. The number of nitrogens with zero attached hydrogens (tertiary/aromatic N) is 3. The average Bonchev–Trinajstić information content (AvgIpc) is 3.08. The van der Waals surface area contributed by atoms with E-state index in [0.29, 0.717) is 11.7 Å². The van der Waals surface area contributed by atoms with Crippen molar-refractivity contribution < 1.29 is 4.42 Å². The Morgan fingerprint density at radius 2 is 2.19 bits per heavy atom. The van der Waals surface area contributed by atoms with E-state index in [1.165, 1.54) is 6.42 Å². The van der Waals surface area contributed by atoms with E-state index in [1.54, 1.807) is 0 Å². The number of rotatable bonds is 5. The van der Waals surface area contributed by atoms with Gasteiger partial charge < -0.3 is 10.2 Å². The van der Waals surface area contributed by atoms with Gasteiger partial charge in [0.05, 0.1) is 12.2 Å². The lowest BCUT2D eigenvalue weighted by Crippen LogP contribution is -2.37. The van der Waals surface area contributed by atoms with E-state index >= 15 is 0 Å². The molecule has 3 rings (SSSR count). The molecule has 1 saturated heterocycles. The molecule has 114 valence electrons. The van der Waals surface area contributed by atoms with Crippen LogP contribution in [-0.2, 0) is 6.54 Å². The van der Waals surface area contributed by atoms with Crippen LogP contribution in [0.15, 0.2) is 22.6 Å². The number of para-hydroxylation sites is 1. The van der Waals surface area contributed by atoms with Crippen LogP contribution in [0.25, 0.3) is 11.1 Å². The van der Waals surface area contributed by atoms with Crippen LogP contribution in [0, 0.1) is 0 Å². The first-order valence-corrected chi connectivity index (χ1v) is 7.81. The molecular weight excluding hydrogens is 264 g/mol. The third-order valence-corrected chi connectivity index (χ3v) is 4.43. The lowest BCUT2D eigenvalue weighted by atomic mass is 10.2. The highest BCUT2D eigenvalue weighted by molar-refractivity contribution is 5.85. The molecule has 1 atom stereocenters. The van der Waals surface area contributed by atoms with E-state index in [-0.39, 0.29) is 0 Å². The Balaban J connectivity index is 1.68. The number of likely N-dealkylation sites (tertiary alicyclic amines) is 1. The molecular formula is C16H24N4O. The smallest absolute Gasteiger partial charge is 0.209 e. The number of benzene rings is 1. The summed E-state index contributed by atoms with van der Waals surface area (Å²) < 4.78 is 5.81. The van der Waals surface area contributed by atoms with E-state index in [0.717, 1.165) is 49.7 Å². The molecule has 1 aliphatic rings. The summed E-state index contributed by atoms with van der Waals surface area (Å²) in [5.74, 6) is 0.767. The molecule has 2 aromatic rings. The van der Waals surface area contributed by atoms with Crippen molar-refractivity contribution in [2.24, 2.45) is 0 Å². The molecule has 0 aliphatic carbocycles. The van der Waals surface area contributed by atoms with Crippen molar-refractivity contribution in [2.45, 2.75) is 32.9 Å². The molecule has 1 fully saturated rings. The zero-order valence-corrected chi connectivity index (χ0v) is 12.9. The topological polar surface area (TPSA) is 58.5 Å². The van der Waals surface area contributed by atoms with Crippen molar-refractivity contribution in [1.82, 2.24) is 14.8 Å². The Bertz CT molecular complexity index is 605. The molecule has 5 nitrogen and oxygen atoms in total. The number of aromatic nitrogens is 1. The molecule has 1 aromatic heterocycles. The van der Waals surface area contributed by atoms with Gasteiger partial charge in [0.1, 0.15) is 5.52 Å². The standard InChI is InChI=1S/C16H24N4O/c1-3-20(4-2)12-8-9-19(10-12)11-15-18-16-13(17)6-5-7-14(16)21-15/h5-7,12H,3-4,8-11,17H2,1-2H3. The van der Waals surface area contributed by atoms with Crippen LogP contribution >= 0.6 is 0 Å². The first kappa shape index (κ1) is 14.4. The van der Waals surface area contributed by atoms with E-state index in [2.05, 4.69) is 28.6 Å². The number of likely N-dealkylation sites (N-methyl/N-ethyl adjacent to an activating group) is 1. The van der Waals surface area contributed by atoms with Crippen LogP contribution in [0.3, 0.4) is 0 Å². The maximum Gasteiger partial charge on any atom is 0.209 e. The highest BCUT2D eigenvalue weighted by Crippen LogP contribution is 2.23. The van der Waals surface area contributed by atoms with Crippen LogP contribution in [0.1, 0.15) is 26.2 Å². The molecule has 1 aromatic carbocycles. The fourth-order valence-electron chi connectivity index (χ4n) is 3.27. The van der Waals surface area contributed by atoms with Gasteiger partial charge in [-0.3, -0.25) is 9.80 Å². The van der Waals surface area contributed by atoms with Gasteiger partial charge in [0.25, 0.3) is 0 Å². The van der Waals surface area contributed by atoms with E-state index < -0.39 is 0 Å². The molecule has 1 aliphatic heterocycles. The zero-order chi connectivity index (χ0) is 14.8. The minimum atomic E-state index is 0.662. The molecule has 2 N–H and O–H groups in total. The van der Waals surface area contributed by atoms with Crippen LogP contribution in [0.2, 0.25) is 0 Å². The van der Waals surface area contributed by atoms with Crippen molar-refractivity contribution in [1.29, 1.82) is 0 Å². The predicted octanol–water partition coefficient (Wildman–Crippen LogP) is 2.33. The summed E-state index contributed by atoms with van der Waals surface area (Å²) in [5, 5.41) is 0. The maximum absolute atomic E-state index is 5.93. The third-order valence-electron chi connectivity index (χ3n) is 4.43. The molecule has 0 saturated carbocycles. The van der Waals surface area contributed by atoms with Crippen molar-refractivity contribution in [3.05, 3.63) is 24.1 Å². The van der Waals surface area contributed by atoms with Crippen molar-refractivity contribution in [3.8, 4) is 0 Å². The molecule has 0 radical (unpaired) electrons. The van der Waals surface area contributed by atoms with Gasteiger partial charge in [-0.1, -0.05) is 19.9 Å². The first-order chi connectivity index (χ1) is 10.2. The van der Waals surface area contributed by atoms with Crippen LogP contribution in [0.5, 0.6) is 0 Å². The number of anilines is 1. The summed E-state index contributed by atoms with van der Waals surface area (Å²) in [6.07, 6.45) is 1.23. The largest absolute Gasteiger partial charge is 0.439 e. The van der Waals surface area contributed by atoms with Gasteiger partial charge in [0, 0.05) is 19.1 Å². The van der Waals surface area contributed by atoms with Gasteiger partial charge in [-0.2, -0.15) is 0 Å². The number of fused-ring (bicyclic) bond motifs is 1. The average molecular weight is 288 g/mol. The van der Waals surface area contributed by atoms with Crippen molar-refractivity contribution >= 4 is 16.8 Å². The minimum Gasteiger partial charge on any atom is -0.439 e. The van der Waals surface area contributed by atoms with Gasteiger partial charge in [0.15, 0.2) is 5.58 Å². The number of hydrogen-bond acceptors (Lipinski definition) is 5. The second kappa shape index (κ2) is 6.03. The lowest BCUT2D eigenvalue weighted by molar-refractivity contribution is 0.204. The lowest BCUT2D eigenvalue weighted by Gasteiger charge is -2.25. The molecule has 21 heavy (non-hydrogen) atoms. The van der Waals surface area contributed by atoms with E-state index in [4.69, 9.17) is 10.2 Å². The normalized spacial score (nSPS) is 19.9. The van der Waals surface area contributed by atoms with Crippen molar-refractivity contribution in [3.63, 3.8) is 0 Å². The van der Waals surface area contributed by atoms with E-state index in [9.17, 15) is 0 Å². The second-order valence-electron chi connectivity index (χ2n) is 5.70. The van der Waals surface area contributed by atoms with Gasteiger partial charge in [-0.25, -0.2) is 4.98 Å². The fourth-order valence-corrected chi connectivity index (χ4v) is 3.27. The zero-order valence-electron chi connectivity index (χ0n) is 12.9. The second-order valence-corrected chi connectivity index (χ2v) is 5.70. The summed E-state index contributed by atoms with van der Waals surface area (Å²) in [4.78, 5) is 9.49. The van der Waals surface area contributed by atoms with Gasteiger partial charge in [-0.05, 0) is 31.6 Å². The molecule has 1 unspecified atom stereocenters. The predicted molar refractivity (Wildman–Crippen MR) is 85.0 cm³/mol. The Labute approximate surface area is 125 Å². The molecule has 0 amide bonds. The Morgan fingerprint density at radius 3 is 2.90 bits per heavy atom. The molecule has 2 heterocycles. The summed E-state index contributed by atoms with van der Waals surface area (Å²) >= 11 is 0. The van der Waals surface area contributed by atoms with Crippen LogP contribution in [-0.4, -0.2) is 47.0 Å². The summed E-state index contributed by atoms with van der Waals surface area (Å²) in [6.45, 7) is 9.67. The highest BCUT2D eigenvalue weighted by Gasteiger charge is 2.27. The number of oxazole rings is 1. The monoisotopic (exact) mass is 288 g/mol. The fraction of sp³-hybridized carbons (Fsp3) is 0.562. The van der Waals surface area contributed by atoms with Crippen molar-refractivity contribution in [2.75, 3.05) is 31.9 Å². The Kier molecular flexibility index (Phi) is 4.12. The minimum absolute atomic E-state index is 0.662. The van der Waals surface area contributed by atoms with Crippen LogP contribution < -0.4 is 5.73 Å². The Hall–Kier alpha value is -1.59. The van der Waals surface area contributed by atoms with E-state index in [1.807, 2.05) is 18.2 Å². The van der Waals surface area contributed by atoms with Crippen LogP contribution in [0.4, 0.5) is 5.69 Å².